The molecule has 0 N–H and O–H groups in total. The molecule has 0 spiro atoms. The van der Waals surface area contributed by atoms with E-state index in [2.05, 4.69) is 15.1 Å². The molecule has 0 unspecified atom stereocenters. The van der Waals surface area contributed by atoms with Gasteiger partial charge in [0.1, 0.15) is 34.6 Å². The van der Waals surface area contributed by atoms with E-state index in [9.17, 15) is 8.42 Å². The smallest absolute Gasteiger partial charge is 0.268 e. The van der Waals surface area contributed by atoms with Crippen LogP contribution < -0.4 is 18.5 Å². The predicted molar refractivity (Wildman–Crippen MR) is 150 cm³/mol. The number of aromatic nitrogens is 4. The normalized spacial score (nSPS) is 16.8. The average molecular weight is 600 g/mol. The highest BCUT2D eigenvalue weighted by Gasteiger charge is 2.36. The van der Waals surface area contributed by atoms with Gasteiger partial charge < -0.3 is 14.2 Å². The third kappa shape index (κ3) is 5.60. The van der Waals surface area contributed by atoms with Gasteiger partial charge >= 0.3 is 0 Å². The highest BCUT2D eigenvalue weighted by Crippen LogP contribution is 2.39. The molecule has 0 radical (unpaired) electrons. The molecule has 2 heterocycles. The molecule has 0 saturated heterocycles. The van der Waals surface area contributed by atoms with Crippen LogP contribution in [-0.4, -0.2) is 48.5 Å². The monoisotopic (exact) mass is 599 g/mol. The second-order valence-corrected chi connectivity index (χ2v) is 11.5. The quantitative estimate of drug-likeness (QED) is 0.234. The molecule has 222 valence electrons. The van der Waals surface area contributed by atoms with Crippen LogP contribution in [0.2, 0.25) is 0 Å². The maximum absolute atomic E-state index is 15.6. The number of benzene rings is 2. The Morgan fingerprint density at radius 3 is 2.55 bits per heavy atom. The van der Waals surface area contributed by atoms with Crippen molar-refractivity contribution in [3.05, 3.63) is 84.1 Å². The lowest BCUT2D eigenvalue weighted by Gasteiger charge is -2.25. The molecule has 0 aliphatic heterocycles. The summed E-state index contributed by atoms with van der Waals surface area (Å²) in [5.74, 6) is -2.52. The molecule has 4 aromatic rings. The Morgan fingerprint density at radius 2 is 1.83 bits per heavy atom. The van der Waals surface area contributed by atoms with E-state index in [4.69, 9.17) is 14.2 Å². The van der Waals surface area contributed by atoms with Crippen molar-refractivity contribution >= 4 is 15.8 Å². The summed E-state index contributed by atoms with van der Waals surface area (Å²) in [6.45, 7) is 2.36. The summed E-state index contributed by atoms with van der Waals surface area (Å²) in [4.78, 5) is 7.05. The summed E-state index contributed by atoms with van der Waals surface area (Å²) in [5, 5.41) is 4.31. The lowest BCUT2D eigenvalue weighted by Crippen LogP contribution is -2.32. The lowest BCUT2D eigenvalue weighted by atomic mass is 10.0. The Labute approximate surface area is 242 Å². The third-order valence-electron chi connectivity index (χ3n) is 7.37. The van der Waals surface area contributed by atoms with Crippen LogP contribution in [0.4, 0.5) is 14.6 Å². The van der Waals surface area contributed by atoms with Crippen LogP contribution in [0.25, 0.3) is 0 Å². The van der Waals surface area contributed by atoms with E-state index in [0.717, 1.165) is 35.0 Å². The Bertz CT molecular complexity index is 1650. The van der Waals surface area contributed by atoms with Gasteiger partial charge in [0, 0.05) is 48.2 Å². The van der Waals surface area contributed by atoms with Crippen LogP contribution in [0, 0.1) is 11.6 Å². The molecular weight excluding hydrogens is 568 g/mol. The number of hydrogen-bond donors (Lipinski definition) is 0. The second kappa shape index (κ2) is 12.3. The second-order valence-electron chi connectivity index (χ2n) is 9.71. The minimum atomic E-state index is -4.67. The molecule has 1 saturated carbocycles. The average Bonchev–Trinajstić information content (AvgIpc) is 3.67. The maximum atomic E-state index is 15.6. The lowest BCUT2D eigenvalue weighted by molar-refractivity contribution is 0.176. The standard InChI is InChI=1S/C29H31F2N5O5S/c1-4-35-22(12-15-34-35)21-6-5-7-23(21)41-24-10-11-26(29(31)28(24)30)42(37,38)36(27-13-14-32-18-33-27)17-19-8-9-20(39-2)16-25(19)40-3/h8-16,18,21,23H,4-7,17H2,1-3H3/t21-,23+/m0/s1. The van der Waals surface area contributed by atoms with Crippen LogP contribution in [0.3, 0.4) is 0 Å². The van der Waals surface area contributed by atoms with Crippen molar-refractivity contribution in [2.45, 2.75) is 56.2 Å². The van der Waals surface area contributed by atoms with Crippen molar-refractivity contribution in [1.82, 2.24) is 19.7 Å². The number of anilines is 1. The molecule has 0 amide bonds. The number of ether oxygens (including phenoxy) is 3. The fourth-order valence-corrected chi connectivity index (χ4v) is 6.73. The molecular formula is C29H31F2N5O5S. The zero-order chi connectivity index (χ0) is 29.9. The van der Waals surface area contributed by atoms with Gasteiger partial charge in [0.15, 0.2) is 11.6 Å². The van der Waals surface area contributed by atoms with Crippen LogP contribution in [0.1, 0.15) is 43.4 Å². The number of rotatable bonds is 11. The van der Waals surface area contributed by atoms with E-state index in [-0.39, 0.29) is 24.0 Å². The Morgan fingerprint density at radius 1 is 1.00 bits per heavy atom. The molecule has 1 aliphatic rings. The van der Waals surface area contributed by atoms with E-state index in [1.807, 2.05) is 17.7 Å². The molecule has 42 heavy (non-hydrogen) atoms. The highest BCUT2D eigenvalue weighted by molar-refractivity contribution is 7.92. The van der Waals surface area contributed by atoms with E-state index in [1.165, 1.54) is 32.8 Å². The van der Waals surface area contributed by atoms with E-state index in [1.54, 1.807) is 24.4 Å². The number of hydrogen-bond acceptors (Lipinski definition) is 8. The van der Waals surface area contributed by atoms with Crippen molar-refractivity contribution in [3.63, 3.8) is 0 Å². The van der Waals surface area contributed by atoms with Gasteiger partial charge in [-0.15, -0.1) is 0 Å². The van der Waals surface area contributed by atoms with Crippen molar-refractivity contribution in [3.8, 4) is 17.2 Å². The minimum absolute atomic E-state index is 0.0376. The molecule has 5 rings (SSSR count). The molecule has 1 fully saturated rings. The van der Waals surface area contributed by atoms with E-state index in [0.29, 0.717) is 30.0 Å². The van der Waals surface area contributed by atoms with Gasteiger partial charge in [0.2, 0.25) is 5.82 Å². The number of halogens is 2. The van der Waals surface area contributed by atoms with Gasteiger partial charge in [-0.05, 0) is 56.5 Å². The number of nitrogens with zero attached hydrogens (tertiary/aromatic N) is 5. The third-order valence-corrected chi connectivity index (χ3v) is 9.14. The molecule has 10 nitrogen and oxygen atoms in total. The summed E-state index contributed by atoms with van der Waals surface area (Å²) in [7, 11) is -1.75. The minimum Gasteiger partial charge on any atom is -0.497 e. The highest BCUT2D eigenvalue weighted by atomic mass is 32.2. The zero-order valence-electron chi connectivity index (χ0n) is 23.4. The topological polar surface area (TPSA) is 109 Å². The number of aryl methyl sites for hydroxylation is 1. The maximum Gasteiger partial charge on any atom is 0.268 e. The van der Waals surface area contributed by atoms with Gasteiger partial charge in [0.05, 0.1) is 20.8 Å². The molecule has 13 heteroatoms. The fraction of sp³-hybridized carbons (Fsp3) is 0.345. The van der Waals surface area contributed by atoms with Crippen molar-refractivity contribution in [2.75, 3.05) is 18.5 Å². The summed E-state index contributed by atoms with van der Waals surface area (Å²) >= 11 is 0. The Hall–Kier alpha value is -4.26. The van der Waals surface area contributed by atoms with Crippen LogP contribution in [0.15, 0.2) is 66.1 Å². The van der Waals surface area contributed by atoms with Crippen molar-refractivity contribution in [1.29, 1.82) is 0 Å². The number of sulfonamides is 1. The van der Waals surface area contributed by atoms with Crippen molar-refractivity contribution < 1.29 is 31.4 Å². The van der Waals surface area contributed by atoms with Gasteiger partial charge in [-0.25, -0.2) is 27.1 Å². The molecule has 2 aromatic carbocycles. The van der Waals surface area contributed by atoms with E-state index >= 15 is 8.78 Å². The zero-order valence-corrected chi connectivity index (χ0v) is 24.2. The first kappa shape index (κ1) is 29.2. The van der Waals surface area contributed by atoms with Crippen LogP contribution in [-0.2, 0) is 23.1 Å². The summed E-state index contributed by atoms with van der Waals surface area (Å²) in [6, 6.07) is 10.3. The first-order valence-corrected chi connectivity index (χ1v) is 14.9. The Kier molecular flexibility index (Phi) is 8.57. The summed E-state index contributed by atoms with van der Waals surface area (Å²) < 4.78 is 78.3. The van der Waals surface area contributed by atoms with E-state index < -0.39 is 32.7 Å². The molecule has 1 aliphatic carbocycles. The van der Waals surface area contributed by atoms with Crippen LogP contribution in [0.5, 0.6) is 17.2 Å². The first-order chi connectivity index (χ1) is 20.3. The molecule has 2 atom stereocenters. The summed E-state index contributed by atoms with van der Waals surface area (Å²) in [6.07, 6.45) is 6.12. The largest absolute Gasteiger partial charge is 0.497 e. The number of methoxy groups -OCH3 is 2. The van der Waals surface area contributed by atoms with Crippen molar-refractivity contribution in [2.24, 2.45) is 0 Å². The first-order valence-electron chi connectivity index (χ1n) is 13.4. The van der Waals surface area contributed by atoms with Gasteiger partial charge in [-0.3, -0.25) is 4.68 Å². The fourth-order valence-electron chi connectivity index (χ4n) is 5.27. The molecule has 0 bridgehead atoms. The Balaban J connectivity index is 1.48. The van der Waals surface area contributed by atoms with Gasteiger partial charge in [-0.1, -0.05) is 0 Å². The molecule has 2 aromatic heterocycles. The predicted octanol–water partition coefficient (Wildman–Crippen LogP) is 5.10. The van der Waals surface area contributed by atoms with Gasteiger partial charge in [-0.2, -0.15) is 9.49 Å². The SMILES string of the molecule is CCn1nccc1[C@@H]1CCC[C@H]1Oc1ccc(S(=O)(=O)N(Cc2ccc(OC)cc2OC)c2ccncn2)c(F)c1F. The summed E-state index contributed by atoms with van der Waals surface area (Å²) in [5.41, 5.74) is 1.41. The van der Waals surface area contributed by atoms with Gasteiger partial charge in [0.25, 0.3) is 10.0 Å². The van der Waals surface area contributed by atoms with Crippen LogP contribution >= 0.6 is 0 Å².